The Morgan fingerprint density at radius 1 is 1.12 bits per heavy atom. The van der Waals surface area contributed by atoms with Crippen molar-refractivity contribution in [1.29, 1.82) is 0 Å². The standard InChI is InChI=1S/C24H26F2N4OS/c1-15-7-6-10-20(16(15)2)27-22(31)14-32-24-29-28-23(17-8-4-3-5-9-17)30(24)21-12-11-18(25)13-19(21)26/h3-5,8-9,11-13,15-16,20H,6-7,10,14H2,1-2H3,(H,27,31)/t15-,16-,20+/m1/s1. The normalized spacial score (nSPS) is 20.8. The lowest BCUT2D eigenvalue weighted by Crippen LogP contribution is -2.44. The van der Waals surface area contributed by atoms with Crippen LogP contribution in [0.5, 0.6) is 0 Å². The van der Waals surface area contributed by atoms with Crippen LogP contribution >= 0.6 is 11.8 Å². The van der Waals surface area contributed by atoms with E-state index in [4.69, 9.17) is 0 Å². The topological polar surface area (TPSA) is 59.8 Å². The number of hydrogen-bond acceptors (Lipinski definition) is 4. The number of benzene rings is 2. The summed E-state index contributed by atoms with van der Waals surface area (Å²) in [4.78, 5) is 12.7. The van der Waals surface area contributed by atoms with E-state index in [2.05, 4.69) is 29.4 Å². The molecule has 0 aliphatic heterocycles. The fraction of sp³-hybridized carbons (Fsp3) is 0.375. The Labute approximate surface area is 190 Å². The predicted molar refractivity (Wildman–Crippen MR) is 122 cm³/mol. The Kier molecular flexibility index (Phi) is 6.89. The molecule has 32 heavy (non-hydrogen) atoms. The zero-order valence-corrected chi connectivity index (χ0v) is 18.9. The number of nitrogens with one attached hydrogen (secondary N) is 1. The molecular weight excluding hydrogens is 430 g/mol. The summed E-state index contributed by atoms with van der Waals surface area (Å²) in [7, 11) is 0. The number of thioether (sulfide) groups is 1. The van der Waals surface area contributed by atoms with Crippen molar-refractivity contribution >= 4 is 17.7 Å². The Balaban J connectivity index is 1.57. The van der Waals surface area contributed by atoms with Crippen LogP contribution in [0.4, 0.5) is 8.78 Å². The van der Waals surface area contributed by atoms with Gasteiger partial charge in [-0.3, -0.25) is 9.36 Å². The maximum absolute atomic E-state index is 14.7. The minimum Gasteiger partial charge on any atom is -0.352 e. The SMILES string of the molecule is C[C@@H]1[C@H](C)CCC[C@@H]1NC(=O)CSc1nnc(-c2ccccc2)n1-c1ccc(F)cc1F. The van der Waals surface area contributed by atoms with Gasteiger partial charge in [-0.15, -0.1) is 10.2 Å². The van der Waals surface area contributed by atoms with Crippen LogP contribution in [-0.2, 0) is 4.79 Å². The van der Waals surface area contributed by atoms with Gasteiger partial charge in [-0.2, -0.15) is 0 Å². The van der Waals surface area contributed by atoms with Crippen molar-refractivity contribution < 1.29 is 13.6 Å². The molecule has 168 valence electrons. The van der Waals surface area contributed by atoms with Crippen molar-refractivity contribution in [3.05, 3.63) is 60.2 Å². The number of rotatable bonds is 6. The van der Waals surface area contributed by atoms with Crippen LogP contribution in [0, 0.1) is 23.5 Å². The second-order valence-electron chi connectivity index (χ2n) is 8.33. The third kappa shape index (κ3) is 4.85. The summed E-state index contributed by atoms with van der Waals surface area (Å²) in [5, 5.41) is 12.0. The smallest absolute Gasteiger partial charge is 0.230 e. The quantitative estimate of drug-likeness (QED) is 0.515. The van der Waals surface area contributed by atoms with Crippen LogP contribution in [0.3, 0.4) is 0 Å². The summed E-state index contributed by atoms with van der Waals surface area (Å²) in [6.07, 6.45) is 3.29. The minimum absolute atomic E-state index is 0.0867. The summed E-state index contributed by atoms with van der Waals surface area (Å²) in [6, 6.07) is 12.8. The fourth-order valence-corrected chi connectivity index (χ4v) is 4.94. The van der Waals surface area contributed by atoms with E-state index < -0.39 is 11.6 Å². The van der Waals surface area contributed by atoms with Gasteiger partial charge in [-0.25, -0.2) is 8.78 Å². The molecule has 0 bridgehead atoms. The van der Waals surface area contributed by atoms with E-state index in [1.165, 1.54) is 34.9 Å². The zero-order chi connectivity index (χ0) is 22.7. The van der Waals surface area contributed by atoms with E-state index in [0.29, 0.717) is 22.8 Å². The second-order valence-corrected chi connectivity index (χ2v) is 9.28. The molecule has 3 atom stereocenters. The monoisotopic (exact) mass is 456 g/mol. The first-order valence-corrected chi connectivity index (χ1v) is 11.8. The average Bonchev–Trinajstić information content (AvgIpc) is 3.20. The van der Waals surface area contributed by atoms with Crippen molar-refractivity contribution in [3.8, 4) is 17.1 Å². The van der Waals surface area contributed by atoms with E-state index in [1.807, 2.05) is 30.3 Å². The number of halogens is 2. The molecule has 1 aliphatic rings. The highest BCUT2D eigenvalue weighted by molar-refractivity contribution is 7.99. The van der Waals surface area contributed by atoms with Gasteiger partial charge in [-0.05, 0) is 30.4 Å². The number of carbonyl (C=O) groups is 1. The van der Waals surface area contributed by atoms with Crippen LogP contribution in [-0.4, -0.2) is 32.5 Å². The van der Waals surface area contributed by atoms with Crippen LogP contribution in [0.15, 0.2) is 53.7 Å². The first-order valence-electron chi connectivity index (χ1n) is 10.8. The highest BCUT2D eigenvalue weighted by atomic mass is 32.2. The maximum atomic E-state index is 14.7. The largest absolute Gasteiger partial charge is 0.352 e. The molecule has 5 nitrogen and oxygen atoms in total. The van der Waals surface area contributed by atoms with Crippen molar-refractivity contribution in [2.45, 2.75) is 44.3 Å². The molecule has 0 saturated heterocycles. The fourth-order valence-electron chi connectivity index (χ4n) is 4.18. The molecule has 2 aromatic carbocycles. The van der Waals surface area contributed by atoms with E-state index in [0.717, 1.165) is 24.5 Å². The second kappa shape index (κ2) is 9.81. The van der Waals surface area contributed by atoms with Crippen molar-refractivity contribution in [3.63, 3.8) is 0 Å². The van der Waals surface area contributed by atoms with E-state index in [1.54, 1.807) is 0 Å². The minimum atomic E-state index is -0.724. The molecule has 1 aromatic heterocycles. The van der Waals surface area contributed by atoms with Gasteiger partial charge >= 0.3 is 0 Å². The summed E-state index contributed by atoms with van der Waals surface area (Å²) < 4.78 is 29.7. The molecule has 1 N–H and O–H groups in total. The number of carbonyl (C=O) groups excluding carboxylic acids is 1. The number of aromatic nitrogens is 3. The first-order chi connectivity index (χ1) is 15.4. The Hall–Kier alpha value is -2.74. The maximum Gasteiger partial charge on any atom is 0.230 e. The zero-order valence-electron chi connectivity index (χ0n) is 18.1. The van der Waals surface area contributed by atoms with Gasteiger partial charge in [0.1, 0.15) is 11.6 Å². The van der Waals surface area contributed by atoms with Crippen LogP contribution in [0.1, 0.15) is 33.1 Å². The molecule has 1 fully saturated rings. The first kappa shape index (κ1) is 22.5. The Morgan fingerprint density at radius 3 is 2.66 bits per heavy atom. The third-order valence-electron chi connectivity index (χ3n) is 6.20. The molecule has 1 heterocycles. The number of nitrogens with zero attached hydrogens (tertiary/aromatic N) is 3. The van der Waals surface area contributed by atoms with Gasteiger partial charge in [0.15, 0.2) is 11.0 Å². The Morgan fingerprint density at radius 2 is 1.91 bits per heavy atom. The highest BCUT2D eigenvalue weighted by Crippen LogP contribution is 2.31. The lowest BCUT2D eigenvalue weighted by Gasteiger charge is -2.34. The molecular formula is C24H26F2N4OS. The molecule has 1 amide bonds. The van der Waals surface area contributed by atoms with Gasteiger partial charge < -0.3 is 5.32 Å². The molecule has 0 radical (unpaired) electrons. The van der Waals surface area contributed by atoms with Gasteiger partial charge in [0.05, 0.1) is 11.4 Å². The number of hydrogen-bond donors (Lipinski definition) is 1. The highest BCUT2D eigenvalue weighted by Gasteiger charge is 2.28. The van der Waals surface area contributed by atoms with E-state index in [9.17, 15) is 13.6 Å². The molecule has 0 unspecified atom stereocenters. The van der Waals surface area contributed by atoms with Crippen LogP contribution in [0.25, 0.3) is 17.1 Å². The molecule has 1 aliphatic carbocycles. The van der Waals surface area contributed by atoms with Gasteiger partial charge in [-0.1, -0.05) is 68.8 Å². The predicted octanol–water partition coefficient (Wildman–Crippen LogP) is 5.25. The van der Waals surface area contributed by atoms with Gasteiger partial charge in [0.25, 0.3) is 0 Å². The average molecular weight is 457 g/mol. The number of amides is 1. The van der Waals surface area contributed by atoms with Crippen LogP contribution in [0.2, 0.25) is 0 Å². The molecule has 4 rings (SSSR count). The van der Waals surface area contributed by atoms with Crippen molar-refractivity contribution in [2.75, 3.05) is 5.75 Å². The summed E-state index contributed by atoms with van der Waals surface area (Å²) in [5.74, 6) is 0.0975. The van der Waals surface area contributed by atoms with E-state index in [-0.39, 0.29) is 23.4 Å². The van der Waals surface area contributed by atoms with Crippen LogP contribution < -0.4 is 5.32 Å². The van der Waals surface area contributed by atoms with Crippen molar-refractivity contribution in [2.24, 2.45) is 11.8 Å². The molecule has 1 saturated carbocycles. The Bertz CT molecular complexity index is 1090. The van der Waals surface area contributed by atoms with Gasteiger partial charge in [0, 0.05) is 17.7 Å². The summed E-state index contributed by atoms with van der Waals surface area (Å²) in [5.41, 5.74) is 0.873. The lowest BCUT2D eigenvalue weighted by molar-refractivity contribution is -0.120. The summed E-state index contributed by atoms with van der Waals surface area (Å²) in [6.45, 7) is 4.41. The van der Waals surface area contributed by atoms with Crippen molar-refractivity contribution in [1.82, 2.24) is 20.1 Å². The molecule has 0 spiro atoms. The van der Waals surface area contributed by atoms with Gasteiger partial charge in [0.2, 0.25) is 5.91 Å². The third-order valence-corrected chi connectivity index (χ3v) is 7.13. The molecule has 8 heteroatoms. The summed E-state index contributed by atoms with van der Waals surface area (Å²) >= 11 is 1.19. The molecule has 3 aromatic rings. The lowest BCUT2D eigenvalue weighted by atomic mass is 9.78. The van der Waals surface area contributed by atoms with E-state index >= 15 is 0 Å².